The predicted octanol–water partition coefficient (Wildman–Crippen LogP) is 11.3. The summed E-state index contributed by atoms with van der Waals surface area (Å²) in [6.45, 7) is 2.14. The zero-order valence-electron chi connectivity index (χ0n) is 25.0. The maximum absolute atomic E-state index is 4.55. The Morgan fingerprint density at radius 3 is 1.84 bits per heavy atom. The minimum Gasteiger partial charge on any atom is -0.310 e. The summed E-state index contributed by atoms with van der Waals surface area (Å²) in [4.78, 5) is 6.93. The number of para-hydroxylation sites is 1. The Labute approximate surface area is 263 Å². The molecule has 3 heteroatoms. The van der Waals surface area contributed by atoms with Gasteiger partial charge in [-0.1, -0.05) is 103 Å². The van der Waals surface area contributed by atoms with Crippen LogP contribution in [-0.4, -0.2) is 9.55 Å². The highest BCUT2D eigenvalue weighted by atomic mass is 15.1. The van der Waals surface area contributed by atoms with Crippen LogP contribution in [0, 0.1) is 6.92 Å². The van der Waals surface area contributed by atoms with Gasteiger partial charge < -0.3 is 9.47 Å². The van der Waals surface area contributed by atoms with Gasteiger partial charge in [0.1, 0.15) is 0 Å². The summed E-state index contributed by atoms with van der Waals surface area (Å²) in [5.41, 5.74) is 12.6. The molecule has 0 radical (unpaired) electrons. The van der Waals surface area contributed by atoms with Crippen LogP contribution < -0.4 is 4.90 Å². The van der Waals surface area contributed by atoms with Crippen LogP contribution in [0.4, 0.5) is 17.1 Å². The zero-order chi connectivity index (χ0) is 30.2. The average Bonchev–Trinajstić information content (AvgIpc) is 3.45. The largest absolute Gasteiger partial charge is 0.310 e. The van der Waals surface area contributed by atoms with Crippen molar-refractivity contribution in [1.29, 1.82) is 0 Å². The van der Waals surface area contributed by atoms with Gasteiger partial charge in [0.2, 0.25) is 0 Å². The number of aromatic nitrogens is 2. The SMILES string of the molecule is Cc1ccc(N(c2ccc(-c3ccccc3)cc2)c2cccc3c2c2ccccc2n3-c2ccc(-c3ccccn3)cc2)cc1. The van der Waals surface area contributed by atoms with E-state index in [-0.39, 0.29) is 0 Å². The molecule has 3 nitrogen and oxygen atoms in total. The first kappa shape index (κ1) is 26.7. The number of aryl methyl sites for hydroxylation is 1. The number of pyridine rings is 1. The molecule has 0 aliphatic rings. The highest BCUT2D eigenvalue weighted by Gasteiger charge is 2.21. The number of fused-ring (bicyclic) bond motifs is 3. The second-order valence-electron chi connectivity index (χ2n) is 11.4. The molecule has 0 aliphatic carbocycles. The van der Waals surface area contributed by atoms with Crippen LogP contribution in [0.5, 0.6) is 0 Å². The molecule has 2 aromatic heterocycles. The van der Waals surface area contributed by atoms with Crippen LogP contribution in [0.1, 0.15) is 5.56 Å². The number of nitrogens with zero attached hydrogens (tertiary/aromatic N) is 3. The molecule has 6 aromatic carbocycles. The lowest BCUT2D eigenvalue weighted by atomic mass is 10.0. The minimum atomic E-state index is 0.973. The summed E-state index contributed by atoms with van der Waals surface area (Å²) in [7, 11) is 0. The summed E-state index contributed by atoms with van der Waals surface area (Å²) in [6.07, 6.45) is 1.84. The first-order valence-electron chi connectivity index (χ1n) is 15.3. The molecule has 0 atom stereocenters. The normalized spacial score (nSPS) is 11.2. The third-order valence-electron chi connectivity index (χ3n) is 8.53. The lowest BCUT2D eigenvalue weighted by Crippen LogP contribution is -2.10. The Kier molecular flexibility index (Phi) is 6.69. The topological polar surface area (TPSA) is 21.1 Å². The van der Waals surface area contributed by atoms with Crippen molar-refractivity contribution in [1.82, 2.24) is 9.55 Å². The Hall–Kier alpha value is -5.93. The van der Waals surface area contributed by atoms with Crippen LogP contribution >= 0.6 is 0 Å². The Balaban J connectivity index is 1.32. The van der Waals surface area contributed by atoms with Gasteiger partial charge in [0.15, 0.2) is 0 Å². The number of anilines is 3. The van der Waals surface area contributed by atoms with Crippen molar-refractivity contribution in [2.75, 3.05) is 4.90 Å². The molecule has 45 heavy (non-hydrogen) atoms. The van der Waals surface area contributed by atoms with Crippen molar-refractivity contribution in [3.63, 3.8) is 0 Å². The molecule has 0 fully saturated rings. The molecule has 0 saturated carbocycles. The van der Waals surface area contributed by atoms with Gasteiger partial charge >= 0.3 is 0 Å². The lowest BCUT2D eigenvalue weighted by molar-refractivity contribution is 1.18. The van der Waals surface area contributed by atoms with Gasteiger partial charge in [-0.25, -0.2) is 0 Å². The van der Waals surface area contributed by atoms with Crippen molar-refractivity contribution in [2.45, 2.75) is 6.92 Å². The minimum absolute atomic E-state index is 0.973. The molecule has 2 heterocycles. The predicted molar refractivity (Wildman–Crippen MR) is 189 cm³/mol. The molecule has 8 aromatic rings. The summed E-state index contributed by atoms with van der Waals surface area (Å²) < 4.78 is 2.38. The Morgan fingerprint density at radius 1 is 0.489 bits per heavy atom. The summed E-state index contributed by atoms with van der Waals surface area (Å²) >= 11 is 0. The molecule has 8 rings (SSSR count). The quantitative estimate of drug-likeness (QED) is 0.196. The third-order valence-corrected chi connectivity index (χ3v) is 8.53. The second kappa shape index (κ2) is 11.3. The number of hydrogen-bond donors (Lipinski definition) is 0. The fourth-order valence-electron chi connectivity index (χ4n) is 6.33. The van der Waals surface area contributed by atoms with E-state index in [0.717, 1.165) is 39.5 Å². The molecule has 0 unspecified atom stereocenters. The number of benzene rings is 6. The maximum Gasteiger partial charge on any atom is 0.0701 e. The first-order valence-corrected chi connectivity index (χ1v) is 15.3. The maximum atomic E-state index is 4.55. The van der Waals surface area contributed by atoms with Crippen molar-refractivity contribution >= 4 is 38.9 Å². The average molecular weight is 578 g/mol. The molecular weight excluding hydrogens is 546 g/mol. The van der Waals surface area contributed by atoms with E-state index in [1.807, 2.05) is 24.4 Å². The van der Waals surface area contributed by atoms with Crippen LogP contribution in [-0.2, 0) is 0 Å². The van der Waals surface area contributed by atoms with E-state index in [1.165, 1.54) is 33.0 Å². The van der Waals surface area contributed by atoms with E-state index in [2.05, 4.69) is 167 Å². The van der Waals surface area contributed by atoms with E-state index in [9.17, 15) is 0 Å². The van der Waals surface area contributed by atoms with Gasteiger partial charge in [0.25, 0.3) is 0 Å². The highest BCUT2D eigenvalue weighted by molar-refractivity contribution is 6.16. The third kappa shape index (κ3) is 4.85. The van der Waals surface area contributed by atoms with Gasteiger partial charge in [-0.05, 0) is 84.8 Å². The molecular formula is C42H31N3. The lowest BCUT2D eigenvalue weighted by Gasteiger charge is -2.27. The fraction of sp³-hybridized carbons (Fsp3) is 0.0238. The standard InChI is InChI=1S/C42H31N3/c1-30-17-23-34(24-18-30)44(35-25-19-32(20-26-35)31-10-3-2-4-11-31)40-15-9-16-41-42(40)37-12-5-6-14-39(37)45(41)36-27-21-33(22-28-36)38-13-7-8-29-43-38/h2-29H,1H3. The first-order chi connectivity index (χ1) is 22.2. The van der Waals surface area contributed by atoms with Crippen molar-refractivity contribution in [2.24, 2.45) is 0 Å². The van der Waals surface area contributed by atoms with E-state index in [4.69, 9.17) is 0 Å². The highest BCUT2D eigenvalue weighted by Crippen LogP contribution is 2.44. The van der Waals surface area contributed by atoms with Crippen LogP contribution in [0.25, 0.3) is 49.9 Å². The van der Waals surface area contributed by atoms with Crippen molar-refractivity contribution in [3.05, 3.63) is 176 Å². The molecule has 0 saturated heterocycles. The van der Waals surface area contributed by atoms with E-state index in [0.29, 0.717) is 0 Å². The summed E-state index contributed by atoms with van der Waals surface area (Å²) in [5.74, 6) is 0. The van der Waals surface area contributed by atoms with Crippen molar-refractivity contribution < 1.29 is 0 Å². The monoisotopic (exact) mass is 577 g/mol. The molecule has 0 spiro atoms. The van der Waals surface area contributed by atoms with Gasteiger partial charge in [-0.15, -0.1) is 0 Å². The van der Waals surface area contributed by atoms with Crippen LogP contribution in [0.2, 0.25) is 0 Å². The van der Waals surface area contributed by atoms with Gasteiger partial charge in [0, 0.05) is 39.6 Å². The molecule has 214 valence electrons. The smallest absolute Gasteiger partial charge is 0.0701 e. The molecule has 0 aliphatic heterocycles. The zero-order valence-corrected chi connectivity index (χ0v) is 25.0. The molecule has 0 N–H and O–H groups in total. The summed E-state index contributed by atoms with van der Waals surface area (Å²) in [5, 5.41) is 2.43. The molecule has 0 bridgehead atoms. The van der Waals surface area contributed by atoms with Crippen LogP contribution in [0.3, 0.4) is 0 Å². The van der Waals surface area contributed by atoms with E-state index < -0.39 is 0 Å². The van der Waals surface area contributed by atoms with Crippen molar-refractivity contribution in [3.8, 4) is 28.1 Å². The Bertz CT molecular complexity index is 2230. The second-order valence-corrected chi connectivity index (χ2v) is 11.4. The van der Waals surface area contributed by atoms with Gasteiger partial charge in [-0.3, -0.25) is 4.98 Å². The number of rotatable bonds is 6. The Morgan fingerprint density at radius 2 is 1.11 bits per heavy atom. The number of hydrogen-bond acceptors (Lipinski definition) is 2. The fourth-order valence-corrected chi connectivity index (χ4v) is 6.33. The van der Waals surface area contributed by atoms with E-state index in [1.54, 1.807) is 0 Å². The molecule has 0 amide bonds. The van der Waals surface area contributed by atoms with Gasteiger partial charge in [-0.2, -0.15) is 0 Å². The summed E-state index contributed by atoms with van der Waals surface area (Å²) in [6, 6.07) is 58.4. The van der Waals surface area contributed by atoms with Crippen LogP contribution in [0.15, 0.2) is 170 Å². The van der Waals surface area contributed by atoms with Gasteiger partial charge in [0.05, 0.1) is 22.4 Å². The van der Waals surface area contributed by atoms with E-state index >= 15 is 0 Å².